The molecule has 0 aromatic heterocycles. The predicted octanol–water partition coefficient (Wildman–Crippen LogP) is 2.27. The minimum Gasteiger partial charge on any atom is -0.478 e. The van der Waals surface area contributed by atoms with E-state index in [2.05, 4.69) is 5.32 Å². The van der Waals surface area contributed by atoms with Crippen molar-refractivity contribution in [1.82, 2.24) is 5.32 Å². The van der Waals surface area contributed by atoms with E-state index in [9.17, 15) is 4.79 Å². The summed E-state index contributed by atoms with van der Waals surface area (Å²) < 4.78 is 0. The normalized spacial score (nSPS) is 15.0. The zero-order chi connectivity index (χ0) is 11.4. The molecule has 0 atom stereocenters. The summed E-state index contributed by atoms with van der Waals surface area (Å²) in [4.78, 5) is 10.8. The van der Waals surface area contributed by atoms with Crippen molar-refractivity contribution in [2.45, 2.75) is 25.8 Å². The lowest BCUT2D eigenvalue weighted by molar-refractivity contribution is 0.0697. The van der Waals surface area contributed by atoms with Gasteiger partial charge in [-0.05, 0) is 36.6 Å². The third kappa shape index (κ3) is 3.35. The molecular weight excluding hydrogens is 202 g/mol. The molecule has 0 spiro atoms. The lowest BCUT2D eigenvalue weighted by atomic mass is 10.1. The summed E-state index contributed by atoms with van der Waals surface area (Å²) in [5, 5.41) is 12.2. The van der Waals surface area contributed by atoms with Crippen molar-refractivity contribution in [3.05, 3.63) is 35.4 Å². The first-order valence-electron chi connectivity index (χ1n) is 5.78. The third-order valence-corrected chi connectivity index (χ3v) is 2.93. The maximum Gasteiger partial charge on any atom is 0.335 e. The SMILES string of the molecule is O=C(O)c1cccc(CNCCC2CC2)c1. The van der Waals surface area contributed by atoms with Crippen molar-refractivity contribution in [2.75, 3.05) is 6.54 Å². The molecule has 1 fully saturated rings. The van der Waals surface area contributed by atoms with Crippen LogP contribution in [0.25, 0.3) is 0 Å². The molecule has 2 rings (SSSR count). The highest BCUT2D eigenvalue weighted by molar-refractivity contribution is 5.87. The molecule has 1 aliphatic carbocycles. The van der Waals surface area contributed by atoms with Crippen LogP contribution in [0.4, 0.5) is 0 Å². The van der Waals surface area contributed by atoms with E-state index in [1.54, 1.807) is 18.2 Å². The Kier molecular flexibility index (Phi) is 3.57. The quantitative estimate of drug-likeness (QED) is 0.722. The zero-order valence-electron chi connectivity index (χ0n) is 9.28. The molecule has 1 saturated carbocycles. The van der Waals surface area contributed by atoms with Gasteiger partial charge in [0.25, 0.3) is 0 Å². The van der Waals surface area contributed by atoms with E-state index in [-0.39, 0.29) is 0 Å². The van der Waals surface area contributed by atoms with Crippen LogP contribution in [0.1, 0.15) is 35.2 Å². The van der Waals surface area contributed by atoms with Crippen LogP contribution in [0, 0.1) is 5.92 Å². The van der Waals surface area contributed by atoms with Gasteiger partial charge in [-0.3, -0.25) is 0 Å². The number of hydrogen-bond acceptors (Lipinski definition) is 2. The van der Waals surface area contributed by atoms with Crippen molar-refractivity contribution in [1.29, 1.82) is 0 Å². The summed E-state index contributed by atoms with van der Waals surface area (Å²) in [6.45, 7) is 1.79. The standard InChI is InChI=1S/C13H17NO2/c15-13(16)12-3-1-2-11(8-12)9-14-7-6-10-4-5-10/h1-3,8,10,14H,4-7,9H2,(H,15,16). The topological polar surface area (TPSA) is 49.3 Å². The average molecular weight is 219 g/mol. The molecule has 0 aliphatic heterocycles. The third-order valence-electron chi connectivity index (χ3n) is 2.93. The lowest BCUT2D eigenvalue weighted by Gasteiger charge is -2.05. The molecule has 0 radical (unpaired) electrons. The van der Waals surface area contributed by atoms with E-state index in [1.807, 2.05) is 6.07 Å². The van der Waals surface area contributed by atoms with Crippen LogP contribution >= 0.6 is 0 Å². The Hall–Kier alpha value is -1.35. The van der Waals surface area contributed by atoms with Crippen molar-refractivity contribution in [3.8, 4) is 0 Å². The molecule has 1 aromatic carbocycles. The molecule has 0 amide bonds. The number of benzene rings is 1. The van der Waals surface area contributed by atoms with Crippen LogP contribution in [0.3, 0.4) is 0 Å². The van der Waals surface area contributed by atoms with E-state index >= 15 is 0 Å². The van der Waals surface area contributed by atoms with E-state index in [1.165, 1.54) is 19.3 Å². The van der Waals surface area contributed by atoms with Gasteiger partial charge in [0.2, 0.25) is 0 Å². The minimum absolute atomic E-state index is 0.362. The molecule has 2 N–H and O–H groups in total. The Morgan fingerprint density at radius 1 is 1.44 bits per heavy atom. The van der Waals surface area contributed by atoms with Crippen LogP contribution < -0.4 is 5.32 Å². The Bertz CT molecular complexity index is 372. The van der Waals surface area contributed by atoms with Gasteiger partial charge in [-0.1, -0.05) is 25.0 Å². The van der Waals surface area contributed by atoms with E-state index in [0.717, 1.165) is 24.6 Å². The van der Waals surface area contributed by atoms with Crippen molar-refractivity contribution in [2.24, 2.45) is 5.92 Å². The second-order valence-electron chi connectivity index (χ2n) is 4.41. The van der Waals surface area contributed by atoms with Crippen molar-refractivity contribution >= 4 is 5.97 Å². The zero-order valence-corrected chi connectivity index (χ0v) is 9.28. The first kappa shape index (κ1) is 11.1. The molecule has 3 heteroatoms. The molecule has 1 aliphatic rings. The van der Waals surface area contributed by atoms with Crippen LogP contribution in [-0.4, -0.2) is 17.6 Å². The number of carbonyl (C=O) groups is 1. The Labute approximate surface area is 95.5 Å². The number of aromatic carboxylic acids is 1. The molecule has 16 heavy (non-hydrogen) atoms. The Morgan fingerprint density at radius 3 is 2.94 bits per heavy atom. The largest absolute Gasteiger partial charge is 0.478 e. The van der Waals surface area contributed by atoms with Crippen LogP contribution in [0.15, 0.2) is 24.3 Å². The second-order valence-corrected chi connectivity index (χ2v) is 4.41. The first-order chi connectivity index (χ1) is 7.75. The molecule has 0 saturated heterocycles. The number of carboxylic acid groups (broad SMARTS) is 1. The highest BCUT2D eigenvalue weighted by Crippen LogP contribution is 2.31. The fourth-order valence-corrected chi connectivity index (χ4v) is 1.76. The second kappa shape index (κ2) is 5.12. The van der Waals surface area contributed by atoms with Gasteiger partial charge >= 0.3 is 5.97 Å². The molecule has 0 heterocycles. The summed E-state index contributed by atoms with van der Waals surface area (Å²) in [7, 11) is 0. The van der Waals surface area contributed by atoms with Gasteiger partial charge in [0, 0.05) is 6.54 Å². The first-order valence-corrected chi connectivity index (χ1v) is 5.78. The summed E-state index contributed by atoms with van der Waals surface area (Å²) in [5.41, 5.74) is 1.40. The van der Waals surface area contributed by atoms with Gasteiger partial charge in [-0.25, -0.2) is 4.79 Å². The van der Waals surface area contributed by atoms with E-state index in [0.29, 0.717) is 5.56 Å². The fourth-order valence-electron chi connectivity index (χ4n) is 1.76. The van der Waals surface area contributed by atoms with Crippen LogP contribution in [0.2, 0.25) is 0 Å². The monoisotopic (exact) mass is 219 g/mol. The average Bonchev–Trinajstić information content (AvgIpc) is 3.09. The lowest BCUT2D eigenvalue weighted by Crippen LogP contribution is -2.15. The molecule has 86 valence electrons. The molecule has 0 unspecified atom stereocenters. The number of nitrogens with one attached hydrogen (secondary N) is 1. The fraction of sp³-hybridized carbons (Fsp3) is 0.462. The Balaban J connectivity index is 1.78. The van der Waals surface area contributed by atoms with Gasteiger partial charge < -0.3 is 10.4 Å². The molecular formula is C13H17NO2. The van der Waals surface area contributed by atoms with Gasteiger partial charge in [-0.15, -0.1) is 0 Å². The van der Waals surface area contributed by atoms with Crippen LogP contribution in [-0.2, 0) is 6.54 Å². The maximum atomic E-state index is 10.8. The number of carboxylic acids is 1. The summed E-state index contributed by atoms with van der Waals surface area (Å²) in [6.07, 6.45) is 4.02. The number of rotatable bonds is 6. The summed E-state index contributed by atoms with van der Waals surface area (Å²) in [6, 6.07) is 7.10. The smallest absolute Gasteiger partial charge is 0.335 e. The van der Waals surface area contributed by atoms with Gasteiger partial charge in [0.15, 0.2) is 0 Å². The summed E-state index contributed by atoms with van der Waals surface area (Å²) >= 11 is 0. The molecule has 0 bridgehead atoms. The van der Waals surface area contributed by atoms with E-state index < -0.39 is 5.97 Å². The Morgan fingerprint density at radius 2 is 2.25 bits per heavy atom. The van der Waals surface area contributed by atoms with Crippen molar-refractivity contribution in [3.63, 3.8) is 0 Å². The van der Waals surface area contributed by atoms with Crippen LogP contribution in [0.5, 0.6) is 0 Å². The van der Waals surface area contributed by atoms with Gasteiger partial charge in [-0.2, -0.15) is 0 Å². The molecule has 1 aromatic rings. The van der Waals surface area contributed by atoms with Gasteiger partial charge in [0.05, 0.1) is 5.56 Å². The van der Waals surface area contributed by atoms with Gasteiger partial charge in [0.1, 0.15) is 0 Å². The summed E-state index contributed by atoms with van der Waals surface area (Å²) in [5.74, 6) is 0.0812. The van der Waals surface area contributed by atoms with E-state index in [4.69, 9.17) is 5.11 Å². The van der Waals surface area contributed by atoms with Crippen molar-refractivity contribution < 1.29 is 9.90 Å². The predicted molar refractivity (Wildman–Crippen MR) is 62.4 cm³/mol. The minimum atomic E-state index is -0.861. The number of hydrogen-bond donors (Lipinski definition) is 2. The highest BCUT2D eigenvalue weighted by Gasteiger charge is 2.19. The highest BCUT2D eigenvalue weighted by atomic mass is 16.4. The maximum absolute atomic E-state index is 10.8. The molecule has 3 nitrogen and oxygen atoms in total.